The number of esters is 1. The summed E-state index contributed by atoms with van der Waals surface area (Å²) in [5.74, 6) is -0.486. The molecule has 1 aromatic heterocycles. The van der Waals surface area contributed by atoms with E-state index in [9.17, 15) is 4.79 Å². The Bertz CT molecular complexity index is 933. The number of aromatic nitrogens is 1. The van der Waals surface area contributed by atoms with Crippen LogP contribution in [0.4, 0.5) is 5.69 Å². The first-order valence-corrected chi connectivity index (χ1v) is 8.61. The molecule has 3 rings (SSSR count). The topological polar surface area (TPSA) is 43.6 Å². The molecule has 4 nitrogen and oxygen atoms in total. The molecule has 0 radical (unpaired) electrons. The first-order chi connectivity index (χ1) is 12.1. The van der Waals surface area contributed by atoms with Crippen LogP contribution in [-0.4, -0.2) is 23.9 Å². The zero-order chi connectivity index (χ0) is 17.8. The summed E-state index contributed by atoms with van der Waals surface area (Å²) in [6.45, 7) is 0. The molecule has 0 fully saturated rings. The number of carbonyl (C=O) groups excluding carboxylic acids is 1. The zero-order valence-electron chi connectivity index (χ0n) is 13.3. The van der Waals surface area contributed by atoms with Gasteiger partial charge in [0.15, 0.2) is 0 Å². The van der Waals surface area contributed by atoms with Crippen molar-refractivity contribution in [3.8, 4) is 5.69 Å². The second-order valence-corrected chi connectivity index (χ2v) is 6.52. The smallest absolute Gasteiger partial charge is 0.339 e. The van der Waals surface area contributed by atoms with Gasteiger partial charge in [-0.3, -0.25) is 4.99 Å². The first kappa shape index (κ1) is 17.5. The van der Waals surface area contributed by atoms with E-state index in [2.05, 4.69) is 20.9 Å². The molecule has 0 N–H and O–H groups in total. The predicted molar refractivity (Wildman–Crippen MR) is 104 cm³/mol. The quantitative estimate of drug-likeness (QED) is 0.419. The van der Waals surface area contributed by atoms with Gasteiger partial charge in [-0.2, -0.15) is 0 Å². The predicted octanol–water partition coefficient (Wildman–Crippen LogP) is 5.43. The van der Waals surface area contributed by atoms with Crippen molar-refractivity contribution in [2.75, 3.05) is 7.11 Å². The second-order valence-electron chi connectivity index (χ2n) is 5.19. The van der Waals surface area contributed by atoms with Crippen LogP contribution in [0.3, 0.4) is 0 Å². The van der Waals surface area contributed by atoms with Gasteiger partial charge >= 0.3 is 5.97 Å². The molecule has 126 valence electrons. The number of ether oxygens (including phenoxy) is 1. The minimum atomic E-state index is -0.486. The number of aliphatic imine (C=N–C) groups is 1. The largest absolute Gasteiger partial charge is 0.465 e. The Hall–Kier alpha value is -2.37. The molecule has 0 aliphatic heterocycles. The Kier molecular flexibility index (Phi) is 5.36. The van der Waals surface area contributed by atoms with Crippen molar-refractivity contribution in [3.05, 3.63) is 81.5 Å². The van der Waals surface area contributed by atoms with E-state index < -0.39 is 5.97 Å². The number of carbonyl (C=O) groups is 1. The number of hydrogen-bond donors (Lipinski definition) is 0. The molecule has 0 unspecified atom stereocenters. The average molecular weight is 418 g/mol. The second kappa shape index (κ2) is 7.68. The number of methoxy groups -OCH3 is 1. The fourth-order valence-electron chi connectivity index (χ4n) is 2.34. The Morgan fingerprint density at radius 2 is 1.96 bits per heavy atom. The monoisotopic (exact) mass is 416 g/mol. The highest BCUT2D eigenvalue weighted by atomic mass is 79.9. The third kappa shape index (κ3) is 4.00. The molecular weight excluding hydrogens is 404 g/mol. The minimum absolute atomic E-state index is 0.294. The van der Waals surface area contributed by atoms with Crippen molar-refractivity contribution in [1.82, 2.24) is 4.57 Å². The molecule has 2 aromatic carbocycles. The lowest BCUT2D eigenvalue weighted by Crippen LogP contribution is -2.01. The number of benzene rings is 2. The molecule has 25 heavy (non-hydrogen) atoms. The van der Waals surface area contributed by atoms with Gasteiger partial charge in [-0.25, -0.2) is 4.79 Å². The normalized spacial score (nSPS) is 11.0. The van der Waals surface area contributed by atoms with Crippen LogP contribution in [0, 0.1) is 0 Å². The SMILES string of the molecule is COC(=O)c1cc(N=Cc2cccn2-c2ccc(Br)cc2)ccc1Cl. The van der Waals surface area contributed by atoms with Gasteiger partial charge in [-0.15, -0.1) is 0 Å². The van der Waals surface area contributed by atoms with Crippen molar-refractivity contribution in [2.45, 2.75) is 0 Å². The van der Waals surface area contributed by atoms with Gasteiger partial charge in [0, 0.05) is 16.4 Å². The van der Waals surface area contributed by atoms with Crippen LogP contribution in [0.2, 0.25) is 5.02 Å². The molecule has 0 saturated heterocycles. The fraction of sp³-hybridized carbons (Fsp3) is 0.0526. The highest BCUT2D eigenvalue weighted by Crippen LogP contribution is 2.23. The Morgan fingerprint density at radius 1 is 1.20 bits per heavy atom. The van der Waals surface area contributed by atoms with Crippen LogP contribution in [0.5, 0.6) is 0 Å². The van der Waals surface area contributed by atoms with E-state index in [1.165, 1.54) is 7.11 Å². The summed E-state index contributed by atoms with van der Waals surface area (Å²) in [5.41, 5.74) is 2.85. The van der Waals surface area contributed by atoms with Gasteiger partial charge in [0.25, 0.3) is 0 Å². The molecule has 0 aliphatic carbocycles. The summed E-state index contributed by atoms with van der Waals surface area (Å²) in [6, 6.07) is 16.9. The van der Waals surface area contributed by atoms with Crippen molar-refractivity contribution < 1.29 is 9.53 Å². The maximum atomic E-state index is 11.7. The molecule has 0 amide bonds. The van der Waals surface area contributed by atoms with Crippen molar-refractivity contribution in [1.29, 1.82) is 0 Å². The number of halogens is 2. The van der Waals surface area contributed by atoms with Crippen molar-refractivity contribution in [2.24, 2.45) is 4.99 Å². The van der Waals surface area contributed by atoms with E-state index >= 15 is 0 Å². The molecule has 0 spiro atoms. The summed E-state index contributed by atoms with van der Waals surface area (Å²) in [5, 5.41) is 0.337. The lowest BCUT2D eigenvalue weighted by Gasteiger charge is -2.06. The van der Waals surface area contributed by atoms with Crippen LogP contribution in [0.15, 0.2) is 70.3 Å². The van der Waals surface area contributed by atoms with E-state index in [0.717, 1.165) is 15.9 Å². The minimum Gasteiger partial charge on any atom is -0.465 e. The van der Waals surface area contributed by atoms with Gasteiger partial charge in [-0.1, -0.05) is 27.5 Å². The highest BCUT2D eigenvalue weighted by molar-refractivity contribution is 9.10. The van der Waals surface area contributed by atoms with Crippen LogP contribution in [0.25, 0.3) is 5.69 Å². The molecule has 0 aliphatic rings. The lowest BCUT2D eigenvalue weighted by atomic mass is 10.2. The summed E-state index contributed by atoms with van der Waals surface area (Å²) in [4.78, 5) is 16.2. The number of nitrogens with zero attached hydrogens (tertiary/aromatic N) is 2. The Labute approximate surface area is 158 Å². The summed E-state index contributed by atoms with van der Waals surface area (Å²) in [6.07, 6.45) is 3.71. The van der Waals surface area contributed by atoms with Crippen LogP contribution in [0.1, 0.15) is 16.1 Å². The third-order valence-corrected chi connectivity index (χ3v) is 4.44. The van der Waals surface area contributed by atoms with E-state index in [-0.39, 0.29) is 0 Å². The van der Waals surface area contributed by atoms with Gasteiger partial charge in [0.05, 0.1) is 35.3 Å². The van der Waals surface area contributed by atoms with Crippen molar-refractivity contribution >= 4 is 45.4 Å². The number of rotatable bonds is 4. The zero-order valence-corrected chi connectivity index (χ0v) is 15.7. The van der Waals surface area contributed by atoms with Gasteiger partial charge in [0.1, 0.15) is 0 Å². The maximum absolute atomic E-state index is 11.7. The summed E-state index contributed by atoms with van der Waals surface area (Å²) < 4.78 is 7.77. The van der Waals surface area contributed by atoms with E-state index in [4.69, 9.17) is 16.3 Å². The summed E-state index contributed by atoms with van der Waals surface area (Å²) >= 11 is 9.46. The van der Waals surface area contributed by atoms with Crippen LogP contribution < -0.4 is 0 Å². The Balaban J connectivity index is 1.90. The summed E-state index contributed by atoms with van der Waals surface area (Å²) in [7, 11) is 1.32. The molecule has 3 aromatic rings. The molecule has 0 saturated carbocycles. The standard InChI is InChI=1S/C19H14BrClN2O2/c1-25-19(24)17-11-14(6-9-18(17)21)22-12-16-3-2-10-23(16)15-7-4-13(20)5-8-15/h2-12H,1H3. The van der Waals surface area contributed by atoms with E-state index in [1.54, 1.807) is 24.4 Å². The molecule has 1 heterocycles. The molecule has 0 bridgehead atoms. The molecule has 0 atom stereocenters. The highest BCUT2D eigenvalue weighted by Gasteiger charge is 2.11. The third-order valence-electron chi connectivity index (χ3n) is 3.59. The molecule has 6 heteroatoms. The first-order valence-electron chi connectivity index (χ1n) is 7.44. The van der Waals surface area contributed by atoms with Gasteiger partial charge in [-0.05, 0) is 54.6 Å². The van der Waals surface area contributed by atoms with E-state index in [0.29, 0.717) is 16.3 Å². The lowest BCUT2D eigenvalue weighted by molar-refractivity contribution is 0.0601. The fourth-order valence-corrected chi connectivity index (χ4v) is 2.80. The van der Waals surface area contributed by atoms with Gasteiger partial charge < -0.3 is 9.30 Å². The number of hydrogen-bond acceptors (Lipinski definition) is 3. The van der Waals surface area contributed by atoms with Crippen LogP contribution >= 0.6 is 27.5 Å². The molecular formula is C19H14BrClN2O2. The Morgan fingerprint density at radius 3 is 2.68 bits per heavy atom. The van der Waals surface area contributed by atoms with Gasteiger partial charge in [0.2, 0.25) is 0 Å². The van der Waals surface area contributed by atoms with Crippen molar-refractivity contribution in [3.63, 3.8) is 0 Å². The van der Waals surface area contributed by atoms with E-state index in [1.807, 2.05) is 47.2 Å². The average Bonchev–Trinajstić information content (AvgIpc) is 3.09. The van der Waals surface area contributed by atoms with Crippen LogP contribution in [-0.2, 0) is 4.74 Å². The maximum Gasteiger partial charge on any atom is 0.339 e.